The predicted octanol–water partition coefficient (Wildman–Crippen LogP) is 5.76. The predicted molar refractivity (Wildman–Crippen MR) is 89.5 cm³/mol. The van der Waals surface area contributed by atoms with E-state index in [2.05, 4.69) is 60.7 Å². The van der Waals surface area contributed by atoms with Crippen LogP contribution in [0.15, 0.2) is 77.4 Å². The number of rotatable bonds is 4. The number of hydrogen-bond acceptors (Lipinski definition) is 2. The van der Waals surface area contributed by atoms with Gasteiger partial charge in [-0.3, -0.25) is 0 Å². The highest BCUT2D eigenvalue weighted by Crippen LogP contribution is 2.44. The Labute approximate surface area is 130 Å². The van der Waals surface area contributed by atoms with Gasteiger partial charge >= 0.3 is 0 Å². The van der Waals surface area contributed by atoms with E-state index in [0.717, 1.165) is 19.3 Å². The van der Waals surface area contributed by atoms with E-state index in [4.69, 9.17) is 0 Å². The molecule has 2 aromatic rings. The highest BCUT2D eigenvalue weighted by molar-refractivity contribution is 7.99. The Bertz CT molecular complexity index is 591. The normalized spacial score (nSPS) is 19.8. The average molecular weight is 296 g/mol. The molecule has 0 spiro atoms. The minimum Gasteiger partial charge on any atom is -0.513 e. The van der Waals surface area contributed by atoms with Gasteiger partial charge in [0.05, 0.1) is 5.76 Å². The van der Waals surface area contributed by atoms with Gasteiger partial charge in [-0.25, -0.2) is 0 Å². The molecule has 0 fully saturated rings. The Morgan fingerprint density at radius 1 is 0.952 bits per heavy atom. The van der Waals surface area contributed by atoms with Gasteiger partial charge in [0.1, 0.15) is 0 Å². The molecule has 0 radical (unpaired) electrons. The van der Waals surface area contributed by atoms with Gasteiger partial charge in [0.2, 0.25) is 0 Å². The van der Waals surface area contributed by atoms with Crippen molar-refractivity contribution in [2.45, 2.75) is 29.4 Å². The van der Waals surface area contributed by atoms with Gasteiger partial charge in [0, 0.05) is 16.6 Å². The third kappa shape index (κ3) is 3.70. The SMILES string of the molecule is OC1=CC(C(Sc2ccccc2)c2ccccc2)CCC1. The Morgan fingerprint density at radius 3 is 2.29 bits per heavy atom. The molecule has 2 atom stereocenters. The third-order valence-electron chi connectivity index (χ3n) is 3.90. The van der Waals surface area contributed by atoms with E-state index in [0.29, 0.717) is 16.9 Å². The maximum atomic E-state index is 9.89. The molecule has 3 rings (SSSR count). The highest BCUT2D eigenvalue weighted by atomic mass is 32.2. The first-order valence-corrected chi connectivity index (χ1v) is 8.37. The van der Waals surface area contributed by atoms with E-state index in [1.165, 1.54) is 10.5 Å². The quantitative estimate of drug-likeness (QED) is 0.724. The van der Waals surface area contributed by atoms with Gasteiger partial charge in [-0.15, -0.1) is 11.8 Å². The van der Waals surface area contributed by atoms with Crippen LogP contribution in [0, 0.1) is 5.92 Å². The number of benzene rings is 2. The molecule has 0 bridgehead atoms. The first-order chi connectivity index (χ1) is 10.3. The maximum Gasteiger partial charge on any atom is 0.0886 e. The zero-order valence-corrected chi connectivity index (χ0v) is 12.8. The lowest BCUT2D eigenvalue weighted by Crippen LogP contribution is -2.12. The molecule has 2 aromatic carbocycles. The number of allylic oxidation sites excluding steroid dienone is 2. The summed E-state index contributed by atoms with van der Waals surface area (Å²) in [5, 5.41) is 10.3. The fourth-order valence-corrected chi connectivity index (χ4v) is 4.15. The number of hydrogen-bond donors (Lipinski definition) is 1. The first kappa shape index (κ1) is 14.3. The minimum atomic E-state index is 0.357. The summed E-state index contributed by atoms with van der Waals surface area (Å²) in [5.74, 6) is 0.951. The van der Waals surface area contributed by atoms with Gasteiger partial charge in [0.25, 0.3) is 0 Å². The molecule has 0 amide bonds. The third-order valence-corrected chi connectivity index (χ3v) is 5.32. The van der Waals surface area contributed by atoms with Crippen molar-refractivity contribution in [3.05, 3.63) is 78.1 Å². The van der Waals surface area contributed by atoms with Crippen molar-refractivity contribution in [1.29, 1.82) is 0 Å². The van der Waals surface area contributed by atoms with E-state index in [-0.39, 0.29) is 0 Å². The summed E-state index contributed by atoms with van der Waals surface area (Å²) in [7, 11) is 0. The van der Waals surface area contributed by atoms with Crippen molar-refractivity contribution in [1.82, 2.24) is 0 Å². The van der Waals surface area contributed by atoms with E-state index in [9.17, 15) is 5.11 Å². The monoisotopic (exact) mass is 296 g/mol. The molecule has 2 unspecified atom stereocenters. The molecule has 2 heteroatoms. The van der Waals surface area contributed by atoms with E-state index >= 15 is 0 Å². The lowest BCUT2D eigenvalue weighted by atomic mass is 9.88. The topological polar surface area (TPSA) is 20.2 Å². The van der Waals surface area contributed by atoms with Gasteiger partial charge in [-0.2, -0.15) is 0 Å². The van der Waals surface area contributed by atoms with Crippen LogP contribution >= 0.6 is 11.8 Å². The molecular weight excluding hydrogens is 276 g/mol. The molecule has 0 aliphatic heterocycles. The molecular formula is C19H20OS. The molecule has 1 N–H and O–H groups in total. The first-order valence-electron chi connectivity index (χ1n) is 7.49. The fourth-order valence-electron chi connectivity index (χ4n) is 2.86. The second kappa shape index (κ2) is 6.86. The van der Waals surface area contributed by atoms with Crippen LogP contribution in [-0.2, 0) is 0 Å². The Morgan fingerprint density at radius 2 is 1.62 bits per heavy atom. The fraction of sp³-hybridized carbons (Fsp3) is 0.263. The van der Waals surface area contributed by atoms with Crippen molar-refractivity contribution in [2.75, 3.05) is 0 Å². The highest BCUT2D eigenvalue weighted by Gasteiger charge is 2.25. The summed E-state index contributed by atoms with van der Waals surface area (Å²) >= 11 is 1.89. The number of aliphatic hydroxyl groups is 1. The second-order valence-electron chi connectivity index (χ2n) is 5.48. The van der Waals surface area contributed by atoms with Crippen LogP contribution < -0.4 is 0 Å². The summed E-state index contributed by atoms with van der Waals surface area (Å²) < 4.78 is 0. The van der Waals surface area contributed by atoms with Gasteiger partial charge in [0.15, 0.2) is 0 Å². The van der Waals surface area contributed by atoms with Crippen LogP contribution in [0.2, 0.25) is 0 Å². The van der Waals surface area contributed by atoms with Crippen molar-refractivity contribution in [3.63, 3.8) is 0 Å². The molecule has 1 aliphatic carbocycles. The molecule has 1 aliphatic rings. The molecule has 0 aromatic heterocycles. The largest absolute Gasteiger partial charge is 0.513 e. The van der Waals surface area contributed by atoms with Crippen molar-refractivity contribution >= 4 is 11.8 Å². The molecule has 0 heterocycles. The zero-order chi connectivity index (χ0) is 14.5. The summed E-state index contributed by atoms with van der Waals surface area (Å²) in [6, 6.07) is 21.2. The van der Waals surface area contributed by atoms with Crippen molar-refractivity contribution in [3.8, 4) is 0 Å². The second-order valence-corrected chi connectivity index (χ2v) is 6.69. The van der Waals surface area contributed by atoms with Crippen molar-refractivity contribution < 1.29 is 5.11 Å². The summed E-state index contributed by atoms with van der Waals surface area (Å²) in [4.78, 5) is 1.28. The van der Waals surface area contributed by atoms with Gasteiger partial charge < -0.3 is 5.11 Å². The van der Waals surface area contributed by atoms with E-state index < -0.39 is 0 Å². The Balaban J connectivity index is 1.89. The zero-order valence-electron chi connectivity index (χ0n) is 12.0. The minimum absolute atomic E-state index is 0.357. The van der Waals surface area contributed by atoms with Crippen LogP contribution in [0.4, 0.5) is 0 Å². The molecule has 0 saturated carbocycles. The van der Waals surface area contributed by atoms with Crippen LogP contribution in [0.5, 0.6) is 0 Å². The average Bonchev–Trinajstić information content (AvgIpc) is 2.54. The van der Waals surface area contributed by atoms with Gasteiger partial charge in [-0.05, 0) is 42.5 Å². The standard InChI is InChI=1S/C19H20OS/c20-17-11-7-10-16(14-17)19(15-8-3-1-4-9-15)21-18-12-5-2-6-13-18/h1-6,8-9,12-14,16,19-20H,7,10-11H2. The van der Waals surface area contributed by atoms with Crippen LogP contribution in [0.3, 0.4) is 0 Å². The smallest absolute Gasteiger partial charge is 0.0886 e. The van der Waals surface area contributed by atoms with E-state index in [1.807, 2.05) is 17.8 Å². The summed E-state index contributed by atoms with van der Waals surface area (Å²) in [6.07, 6.45) is 5.11. The Kier molecular flexibility index (Phi) is 4.66. The van der Waals surface area contributed by atoms with Crippen molar-refractivity contribution in [2.24, 2.45) is 5.92 Å². The Hall–Kier alpha value is -1.67. The van der Waals surface area contributed by atoms with Crippen LogP contribution in [0.1, 0.15) is 30.1 Å². The van der Waals surface area contributed by atoms with Crippen LogP contribution in [0.25, 0.3) is 0 Å². The lowest BCUT2D eigenvalue weighted by Gasteiger charge is -2.27. The van der Waals surface area contributed by atoms with Gasteiger partial charge in [-0.1, -0.05) is 48.5 Å². The molecule has 1 nitrogen and oxygen atoms in total. The maximum absolute atomic E-state index is 9.89. The number of aliphatic hydroxyl groups excluding tert-OH is 1. The molecule has 108 valence electrons. The lowest BCUT2D eigenvalue weighted by molar-refractivity contribution is 0.345. The summed E-state index contributed by atoms with van der Waals surface area (Å²) in [5.41, 5.74) is 1.34. The molecule has 21 heavy (non-hydrogen) atoms. The van der Waals surface area contributed by atoms with Crippen LogP contribution in [-0.4, -0.2) is 5.11 Å². The molecule has 0 saturated heterocycles. The summed E-state index contributed by atoms with van der Waals surface area (Å²) in [6.45, 7) is 0. The van der Waals surface area contributed by atoms with E-state index in [1.54, 1.807) is 0 Å². The number of thioether (sulfide) groups is 1.